The monoisotopic (exact) mass is 309 g/mol. The van der Waals surface area contributed by atoms with Gasteiger partial charge >= 0.3 is 12.1 Å². The second-order valence-electron chi connectivity index (χ2n) is 7.20. The first-order chi connectivity index (χ1) is 10.3. The molecule has 2 unspecified atom stereocenters. The number of esters is 1. The predicted octanol–water partition coefficient (Wildman–Crippen LogP) is 3.14. The van der Waals surface area contributed by atoms with Crippen LogP contribution in [-0.2, 0) is 14.3 Å². The smallest absolute Gasteiger partial charge is 0.410 e. The van der Waals surface area contributed by atoms with E-state index in [9.17, 15) is 9.59 Å². The average Bonchev–Trinajstić information content (AvgIpc) is 2.80. The van der Waals surface area contributed by atoms with Crippen molar-refractivity contribution in [2.75, 3.05) is 19.7 Å². The van der Waals surface area contributed by atoms with E-state index in [1.54, 1.807) is 6.08 Å². The maximum atomic E-state index is 12.2. The topological polar surface area (TPSA) is 55.8 Å². The lowest BCUT2D eigenvalue weighted by Crippen LogP contribution is -2.35. The molecule has 1 aliphatic carbocycles. The zero-order valence-corrected chi connectivity index (χ0v) is 14.1. The second kappa shape index (κ2) is 6.71. The number of carbonyl (C=O) groups is 2. The molecule has 2 atom stereocenters. The van der Waals surface area contributed by atoms with E-state index in [-0.39, 0.29) is 12.1 Å². The van der Waals surface area contributed by atoms with Crippen LogP contribution in [0.15, 0.2) is 11.6 Å². The van der Waals surface area contributed by atoms with Crippen molar-refractivity contribution in [2.24, 2.45) is 11.8 Å². The van der Waals surface area contributed by atoms with E-state index in [0.717, 1.165) is 37.9 Å². The molecule has 5 nitrogen and oxygen atoms in total. The minimum absolute atomic E-state index is 0.224. The lowest BCUT2D eigenvalue weighted by Gasteiger charge is -2.25. The summed E-state index contributed by atoms with van der Waals surface area (Å²) in [7, 11) is 0. The highest BCUT2D eigenvalue weighted by Crippen LogP contribution is 2.39. The van der Waals surface area contributed by atoms with E-state index in [0.29, 0.717) is 18.4 Å². The highest BCUT2D eigenvalue weighted by molar-refractivity contribution is 5.82. The molecule has 0 aromatic heterocycles. The van der Waals surface area contributed by atoms with Gasteiger partial charge in [-0.15, -0.1) is 0 Å². The van der Waals surface area contributed by atoms with Crippen molar-refractivity contribution in [3.05, 3.63) is 11.6 Å². The molecular weight excluding hydrogens is 282 g/mol. The van der Waals surface area contributed by atoms with Crippen LogP contribution in [0.25, 0.3) is 0 Å². The fraction of sp³-hybridized carbons (Fsp3) is 0.765. The van der Waals surface area contributed by atoms with Crippen LogP contribution in [0, 0.1) is 11.8 Å². The Morgan fingerprint density at radius 1 is 1.27 bits per heavy atom. The van der Waals surface area contributed by atoms with Gasteiger partial charge in [-0.25, -0.2) is 9.59 Å². The van der Waals surface area contributed by atoms with E-state index < -0.39 is 5.60 Å². The van der Waals surface area contributed by atoms with Crippen LogP contribution in [0.1, 0.15) is 47.0 Å². The number of nitrogens with zero attached hydrogens (tertiary/aromatic N) is 1. The molecule has 0 radical (unpaired) electrons. The van der Waals surface area contributed by atoms with Crippen LogP contribution in [0.4, 0.5) is 4.79 Å². The van der Waals surface area contributed by atoms with Crippen molar-refractivity contribution in [2.45, 2.75) is 52.6 Å². The van der Waals surface area contributed by atoms with Gasteiger partial charge in [-0.1, -0.05) is 5.57 Å². The van der Waals surface area contributed by atoms with Gasteiger partial charge < -0.3 is 14.4 Å². The first kappa shape index (κ1) is 16.8. The number of hydrogen-bond donors (Lipinski definition) is 0. The molecule has 124 valence electrons. The molecule has 0 N–H and O–H groups in total. The Morgan fingerprint density at radius 2 is 1.95 bits per heavy atom. The Kier molecular flexibility index (Phi) is 5.14. The highest BCUT2D eigenvalue weighted by atomic mass is 16.6. The van der Waals surface area contributed by atoms with Gasteiger partial charge in [0, 0.05) is 19.2 Å². The van der Waals surface area contributed by atoms with E-state index in [4.69, 9.17) is 9.47 Å². The van der Waals surface area contributed by atoms with Crippen molar-refractivity contribution in [3.8, 4) is 0 Å². The van der Waals surface area contributed by atoms with Gasteiger partial charge in [-0.3, -0.25) is 0 Å². The molecule has 1 aliphatic heterocycles. The summed E-state index contributed by atoms with van der Waals surface area (Å²) >= 11 is 0. The third-order valence-corrected chi connectivity index (χ3v) is 4.20. The van der Waals surface area contributed by atoms with Crippen molar-refractivity contribution in [3.63, 3.8) is 0 Å². The zero-order valence-electron chi connectivity index (χ0n) is 14.1. The molecule has 0 aromatic rings. The minimum Gasteiger partial charge on any atom is -0.463 e. The fourth-order valence-corrected chi connectivity index (χ4v) is 3.26. The first-order valence-corrected chi connectivity index (χ1v) is 8.12. The predicted molar refractivity (Wildman–Crippen MR) is 83.4 cm³/mol. The summed E-state index contributed by atoms with van der Waals surface area (Å²) in [5, 5.41) is 0. The number of likely N-dealkylation sites (tertiary alicyclic amines) is 1. The lowest BCUT2D eigenvalue weighted by molar-refractivity contribution is -0.137. The molecule has 0 spiro atoms. The van der Waals surface area contributed by atoms with Crippen LogP contribution in [0.2, 0.25) is 0 Å². The molecule has 0 aromatic carbocycles. The Balaban J connectivity index is 1.92. The Morgan fingerprint density at radius 3 is 2.59 bits per heavy atom. The molecule has 1 saturated carbocycles. The summed E-state index contributed by atoms with van der Waals surface area (Å²) in [5.41, 5.74) is 0.686. The van der Waals surface area contributed by atoms with Crippen molar-refractivity contribution < 1.29 is 19.1 Å². The number of ether oxygens (including phenoxy) is 2. The Hall–Kier alpha value is -1.52. The van der Waals surface area contributed by atoms with Gasteiger partial charge in [0.15, 0.2) is 0 Å². The molecule has 1 heterocycles. The zero-order chi connectivity index (χ0) is 16.3. The summed E-state index contributed by atoms with van der Waals surface area (Å²) < 4.78 is 10.4. The standard InChI is InChI=1S/C17H27NO4/c1-5-21-15(19)9-12-6-7-13-10-18(11-14(13)8-12)16(20)22-17(2,3)4/h9,13-14H,5-8,10-11H2,1-4H3/b12-9-. The SMILES string of the molecule is CCOC(=O)/C=C1/CCC2CN(C(=O)OC(C)(C)C)CC2C1. The van der Waals surface area contributed by atoms with Gasteiger partial charge in [0.25, 0.3) is 0 Å². The maximum absolute atomic E-state index is 12.2. The number of allylic oxidation sites excluding steroid dienone is 1. The number of amides is 1. The molecule has 1 saturated heterocycles. The summed E-state index contributed by atoms with van der Waals surface area (Å²) in [6.07, 6.45) is 4.23. The summed E-state index contributed by atoms with van der Waals surface area (Å²) in [4.78, 5) is 25.5. The fourth-order valence-electron chi connectivity index (χ4n) is 3.26. The number of fused-ring (bicyclic) bond motifs is 1. The second-order valence-corrected chi connectivity index (χ2v) is 7.20. The van der Waals surface area contributed by atoms with Crippen LogP contribution in [0.5, 0.6) is 0 Å². The largest absolute Gasteiger partial charge is 0.463 e. The summed E-state index contributed by atoms with van der Waals surface area (Å²) in [6.45, 7) is 9.35. The first-order valence-electron chi connectivity index (χ1n) is 8.12. The van der Waals surface area contributed by atoms with Gasteiger partial charge in [0.2, 0.25) is 0 Å². The van der Waals surface area contributed by atoms with Gasteiger partial charge in [0.05, 0.1) is 6.61 Å². The third-order valence-electron chi connectivity index (χ3n) is 4.20. The summed E-state index contributed by atoms with van der Waals surface area (Å²) in [5.74, 6) is 0.701. The van der Waals surface area contributed by atoms with Crippen LogP contribution >= 0.6 is 0 Å². The van der Waals surface area contributed by atoms with E-state index in [2.05, 4.69) is 0 Å². The van der Waals surface area contributed by atoms with Crippen molar-refractivity contribution in [1.82, 2.24) is 4.90 Å². The molecule has 2 fully saturated rings. The van der Waals surface area contributed by atoms with Crippen LogP contribution in [0.3, 0.4) is 0 Å². The van der Waals surface area contributed by atoms with Crippen molar-refractivity contribution >= 4 is 12.1 Å². The summed E-state index contributed by atoms with van der Waals surface area (Å²) in [6, 6.07) is 0. The quantitative estimate of drug-likeness (QED) is 0.581. The molecule has 0 bridgehead atoms. The van der Waals surface area contributed by atoms with E-state index in [1.807, 2.05) is 32.6 Å². The highest BCUT2D eigenvalue weighted by Gasteiger charge is 2.39. The minimum atomic E-state index is -0.459. The average molecular weight is 309 g/mol. The van der Waals surface area contributed by atoms with Gasteiger partial charge in [0.1, 0.15) is 5.60 Å². The van der Waals surface area contributed by atoms with E-state index in [1.165, 1.54) is 0 Å². The van der Waals surface area contributed by atoms with E-state index >= 15 is 0 Å². The molecule has 22 heavy (non-hydrogen) atoms. The maximum Gasteiger partial charge on any atom is 0.410 e. The van der Waals surface area contributed by atoms with Crippen LogP contribution in [-0.4, -0.2) is 42.3 Å². The number of hydrogen-bond acceptors (Lipinski definition) is 4. The number of rotatable bonds is 2. The molecular formula is C17H27NO4. The Labute approximate surface area is 132 Å². The van der Waals surface area contributed by atoms with Gasteiger partial charge in [-0.2, -0.15) is 0 Å². The Bertz CT molecular complexity index is 464. The third kappa shape index (κ3) is 4.49. The molecule has 5 heteroatoms. The molecule has 2 rings (SSSR count). The lowest BCUT2D eigenvalue weighted by atomic mass is 9.79. The van der Waals surface area contributed by atoms with Crippen LogP contribution < -0.4 is 0 Å². The van der Waals surface area contributed by atoms with Crippen molar-refractivity contribution in [1.29, 1.82) is 0 Å². The van der Waals surface area contributed by atoms with Gasteiger partial charge in [-0.05, 0) is 58.8 Å². The number of carbonyl (C=O) groups excluding carboxylic acids is 2. The molecule has 2 aliphatic rings. The normalized spacial score (nSPS) is 26.7. The molecule has 1 amide bonds.